The van der Waals surface area contributed by atoms with Crippen LogP contribution in [0.5, 0.6) is 0 Å². The van der Waals surface area contributed by atoms with Crippen molar-refractivity contribution in [2.24, 2.45) is 0 Å². The number of nitrogens with one attached hydrogen (secondary N) is 1. The van der Waals surface area contributed by atoms with Crippen molar-refractivity contribution >= 4 is 0 Å². The molecule has 92 valence electrons. The van der Waals surface area contributed by atoms with Crippen molar-refractivity contribution in [3.05, 3.63) is 48.6 Å². The van der Waals surface area contributed by atoms with E-state index in [2.05, 4.69) is 54.1 Å². The average Bonchev–Trinajstić information content (AvgIpc) is 2.39. The summed E-state index contributed by atoms with van der Waals surface area (Å²) < 4.78 is 0. The average molecular weight is 230 g/mol. The van der Waals surface area contributed by atoms with Gasteiger partial charge in [0.05, 0.1) is 0 Å². The maximum Gasteiger partial charge on any atom is 0.0449 e. The van der Waals surface area contributed by atoms with Gasteiger partial charge in [-0.1, -0.05) is 36.4 Å². The maximum absolute atomic E-state index is 3.81. The van der Waals surface area contributed by atoms with Crippen molar-refractivity contribution in [2.45, 2.75) is 25.4 Å². The maximum atomic E-state index is 3.81. The van der Waals surface area contributed by atoms with Crippen LogP contribution in [0.4, 0.5) is 0 Å². The summed E-state index contributed by atoms with van der Waals surface area (Å²) in [6.07, 6.45) is 3.08. The van der Waals surface area contributed by atoms with Gasteiger partial charge in [0.1, 0.15) is 0 Å². The number of hydrogen-bond acceptors (Lipinski definition) is 2. The van der Waals surface area contributed by atoms with E-state index in [4.69, 9.17) is 0 Å². The van der Waals surface area contributed by atoms with Crippen molar-refractivity contribution in [2.75, 3.05) is 19.6 Å². The third kappa shape index (κ3) is 3.18. The molecule has 2 atom stereocenters. The van der Waals surface area contributed by atoms with Gasteiger partial charge >= 0.3 is 0 Å². The van der Waals surface area contributed by atoms with Crippen molar-refractivity contribution in [3.8, 4) is 0 Å². The van der Waals surface area contributed by atoms with Gasteiger partial charge in [-0.2, -0.15) is 0 Å². The van der Waals surface area contributed by atoms with Gasteiger partial charge in [-0.05, 0) is 18.9 Å². The van der Waals surface area contributed by atoms with Crippen LogP contribution in [0.15, 0.2) is 43.0 Å². The molecule has 1 aliphatic rings. The molecule has 1 aromatic rings. The highest BCUT2D eigenvalue weighted by molar-refractivity contribution is 5.20. The second-order valence-electron chi connectivity index (χ2n) is 4.79. The smallest absolute Gasteiger partial charge is 0.0449 e. The predicted octanol–water partition coefficient (Wildman–Crippen LogP) is 2.60. The quantitative estimate of drug-likeness (QED) is 0.800. The monoisotopic (exact) mass is 230 g/mol. The lowest BCUT2D eigenvalue weighted by Gasteiger charge is -2.39. The highest BCUT2D eigenvalue weighted by atomic mass is 15.2. The molecule has 2 rings (SSSR count). The summed E-state index contributed by atoms with van der Waals surface area (Å²) in [4.78, 5) is 2.55. The van der Waals surface area contributed by atoms with Crippen LogP contribution >= 0.6 is 0 Å². The zero-order valence-corrected chi connectivity index (χ0v) is 10.6. The molecule has 1 aromatic carbocycles. The first kappa shape index (κ1) is 12.3. The van der Waals surface area contributed by atoms with Gasteiger partial charge in [0.2, 0.25) is 0 Å². The van der Waals surface area contributed by atoms with Crippen LogP contribution in [0, 0.1) is 0 Å². The molecule has 0 aromatic heterocycles. The second-order valence-corrected chi connectivity index (χ2v) is 4.79. The number of rotatable bonds is 4. The Morgan fingerprint density at radius 1 is 1.41 bits per heavy atom. The third-order valence-corrected chi connectivity index (χ3v) is 3.52. The minimum Gasteiger partial charge on any atom is -0.307 e. The second kappa shape index (κ2) is 5.99. The molecule has 17 heavy (non-hydrogen) atoms. The molecule has 0 aliphatic carbocycles. The first-order valence-electron chi connectivity index (χ1n) is 6.44. The lowest BCUT2D eigenvalue weighted by atomic mass is 10.0. The summed E-state index contributed by atoms with van der Waals surface area (Å²) in [6, 6.07) is 11.8. The Balaban J connectivity index is 2.00. The summed E-state index contributed by atoms with van der Waals surface area (Å²) in [5.41, 5.74) is 1.39. The van der Waals surface area contributed by atoms with Crippen LogP contribution < -0.4 is 5.32 Å². The number of benzene rings is 1. The summed E-state index contributed by atoms with van der Waals surface area (Å²) in [7, 11) is 0. The molecule has 1 N–H and O–H groups in total. The largest absolute Gasteiger partial charge is 0.307 e. The van der Waals surface area contributed by atoms with E-state index in [-0.39, 0.29) is 0 Å². The molecular formula is C15H22N2. The third-order valence-electron chi connectivity index (χ3n) is 3.52. The number of piperazine rings is 1. The predicted molar refractivity (Wildman–Crippen MR) is 73.0 cm³/mol. The first-order chi connectivity index (χ1) is 8.31. The zero-order valence-electron chi connectivity index (χ0n) is 10.6. The summed E-state index contributed by atoms with van der Waals surface area (Å²) >= 11 is 0. The molecule has 1 heterocycles. The van der Waals surface area contributed by atoms with E-state index in [0.717, 1.165) is 26.1 Å². The zero-order chi connectivity index (χ0) is 12.1. The lowest BCUT2D eigenvalue weighted by molar-refractivity contribution is 0.144. The van der Waals surface area contributed by atoms with Gasteiger partial charge in [0.15, 0.2) is 0 Å². The molecule has 1 saturated heterocycles. The summed E-state index contributed by atoms with van der Waals surface area (Å²) in [6.45, 7) is 9.38. The fourth-order valence-corrected chi connectivity index (χ4v) is 2.40. The van der Waals surface area contributed by atoms with Crippen LogP contribution in [0.25, 0.3) is 0 Å². The molecule has 1 aliphatic heterocycles. The van der Waals surface area contributed by atoms with Gasteiger partial charge in [0, 0.05) is 31.7 Å². The van der Waals surface area contributed by atoms with Gasteiger partial charge in [-0.15, -0.1) is 6.58 Å². The fourth-order valence-electron chi connectivity index (χ4n) is 2.40. The van der Waals surface area contributed by atoms with Crippen molar-refractivity contribution in [1.29, 1.82) is 0 Å². The van der Waals surface area contributed by atoms with Crippen molar-refractivity contribution in [3.63, 3.8) is 0 Å². The first-order valence-corrected chi connectivity index (χ1v) is 6.44. The number of hydrogen-bond donors (Lipinski definition) is 1. The fraction of sp³-hybridized carbons (Fsp3) is 0.467. The van der Waals surface area contributed by atoms with E-state index in [1.54, 1.807) is 0 Å². The molecule has 0 bridgehead atoms. The van der Waals surface area contributed by atoms with E-state index < -0.39 is 0 Å². The van der Waals surface area contributed by atoms with E-state index in [1.807, 2.05) is 6.08 Å². The van der Waals surface area contributed by atoms with Crippen LogP contribution in [-0.2, 0) is 0 Å². The lowest BCUT2D eigenvalue weighted by Crippen LogP contribution is -2.51. The van der Waals surface area contributed by atoms with Crippen molar-refractivity contribution < 1.29 is 0 Å². The Hall–Kier alpha value is -1.12. The molecule has 2 unspecified atom stereocenters. The normalized spacial score (nSPS) is 25.7. The van der Waals surface area contributed by atoms with Crippen molar-refractivity contribution in [1.82, 2.24) is 10.2 Å². The highest BCUT2D eigenvalue weighted by Crippen LogP contribution is 2.19. The molecule has 2 heteroatoms. The van der Waals surface area contributed by atoms with Crippen LogP contribution in [0.2, 0.25) is 0 Å². The van der Waals surface area contributed by atoms with Crippen LogP contribution in [0.1, 0.15) is 24.9 Å². The summed E-state index contributed by atoms with van der Waals surface area (Å²) in [5, 5.41) is 3.62. The van der Waals surface area contributed by atoms with E-state index in [9.17, 15) is 0 Å². The van der Waals surface area contributed by atoms with Gasteiger partial charge in [-0.3, -0.25) is 4.90 Å². The Bertz CT molecular complexity index is 347. The van der Waals surface area contributed by atoms with Crippen LogP contribution in [-0.4, -0.2) is 30.6 Å². The van der Waals surface area contributed by atoms with E-state index in [0.29, 0.717) is 12.1 Å². The van der Waals surface area contributed by atoms with E-state index >= 15 is 0 Å². The van der Waals surface area contributed by atoms with Gasteiger partial charge < -0.3 is 5.32 Å². The summed E-state index contributed by atoms with van der Waals surface area (Å²) in [5.74, 6) is 0. The van der Waals surface area contributed by atoms with Gasteiger partial charge in [0.25, 0.3) is 0 Å². The van der Waals surface area contributed by atoms with Crippen LogP contribution in [0.3, 0.4) is 0 Å². The Labute approximate surface area is 104 Å². The molecule has 0 spiro atoms. The Kier molecular flexibility index (Phi) is 4.35. The Morgan fingerprint density at radius 2 is 2.18 bits per heavy atom. The molecule has 1 fully saturated rings. The molecule has 0 saturated carbocycles. The standard InChI is InChI=1S/C15H22N2/c1-3-4-10-17-12-15(16-11-13(17)2)14-8-6-5-7-9-14/h3,5-9,13,15-16H,1,4,10-12H2,2H3. The topological polar surface area (TPSA) is 15.3 Å². The highest BCUT2D eigenvalue weighted by Gasteiger charge is 2.24. The minimum atomic E-state index is 0.470. The SMILES string of the molecule is C=CCCN1CC(c2ccccc2)NCC1C. The van der Waals surface area contributed by atoms with E-state index in [1.165, 1.54) is 5.56 Å². The molecule has 2 nitrogen and oxygen atoms in total. The Morgan fingerprint density at radius 3 is 2.88 bits per heavy atom. The van der Waals surface area contributed by atoms with Gasteiger partial charge in [-0.25, -0.2) is 0 Å². The molecule has 0 amide bonds. The minimum absolute atomic E-state index is 0.470. The molecular weight excluding hydrogens is 208 g/mol. The molecule has 0 radical (unpaired) electrons. The number of nitrogens with zero attached hydrogens (tertiary/aromatic N) is 1.